The highest BCUT2D eigenvalue weighted by atomic mass is 19.1. The number of pyridine rings is 2. The van der Waals surface area contributed by atoms with E-state index in [2.05, 4.69) is 31.8 Å². The minimum atomic E-state index is -0.377. The smallest absolute Gasteiger partial charge is 0.225 e. The van der Waals surface area contributed by atoms with Gasteiger partial charge in [0.1, 0.15) is 5.75 Å². The number of aryl methyl sites for hydroxylation is 1. The van der Waals surface area contributed by atoms with Crippen LogP contribution in [0.25, 0.3) is 11.3 Å². The lowest BCUT2D eigenvalue weighted by Gasteiger charge is -2.19. The molecule has 2 fully saturated rings. The minimum Gasteiger partial charge on any atom is -0.492 e. The van der Waals surface area contributed by atoms with Crippen LogP contribution in [0.3, 0.4) is 0 Å². The maximum Gasteiger partial charge on any atom is 0.225 e. The van der Waals surface area contributed by atoms with Crippen LogP contribution in [0.1, 0.15) is 18.9 Å². The lowest BCUT2D eigenvalue weighted by Crippen LogP contribution is -2.27. The Bertz CT molecular complexity index is 999. The van der Waals surface area contributed by atoms with Gasteiger partial charge in [-0.3, -0.25) is 9.97 Å². The Morgan fingerprint density at radius 3 is 2.50 bits per heavy atom. The molecule has 0 amide bonds. The summed E-state index contributed by atoms with van der Waals surface area (Å²) in [5.74, 6) is 3.02. The first kappa shape index (κ1) is 18.9. The van der Waals surface area contributed by atoms with Crippen LogP contribution in [0.4, 0.5) is 10.3 Å². The molecule has 0 spiro atoms. The zero-order valence-electron chi connectivity index (χ0n) is 16.9. The number of aromatic nitrogens is 4. The molecule has 0 N–H and O–H groups in total. The van der Waals surface area contributed by atoms with Gasteiger partial charge >= 0.3 is 0 Å². The number of hydrogen-bond donors (Lipinski definition) is 0. The first-order valence-electron chi connectivity index (χ1n) is 10.5. The van der Waals surface area contributed by atoms with Crippen molar-refractivity contribution in [3.8, 4) is 17.0 Å². The number of fused-ring (bicyclic) bond motifs is 1. The second-order valence-corrected chi connectivity index (χ2v) is 8.08. The molecule has 3 aromatic rings. The Kier molecular flexibility index (Phi) is 5.02. The summed E-state index contributed by atoms with van der Waals surface area (Å²) >= 11 is 0. The molecule has 3 atom stereocenters. The molecule has 2 aliphatic rings. The van der Waals surface area contributed by atoms with E-state index in [0.29, 0.717) is 41.4 Å². The van der Waals surface area contributed by atoms with Crippen LogP contribution in [-0.2, 0) is 6.42 Å². The number of piperidine rings is 1. The summed E-state index contributed by atoms with van der Waals surface area (Å²) in [7, 11) is 0. The average molecular weight is 405 g/mol. The number of rotatable bonds is 7. The van der Waals surface area contributed by atoms with Crippen molar-refractivity contribution < 1.29 is 9.13 Å². The number of hydrogen-bond acceptors (Lipinski definition) is 6. The van der Waals surface area contributed by atoms with Gasteiger partial charge in [0, 0.05) is 43.2 Å². The summed E-state index contributed by atoms with van der Waals surface area (Å²) in [5, 5.41) is 0. The molecular formula is C23H24FN5O. The summed E-state index contributed by atoms with van der Waals surface area (Å²) in [5.41, 5.74) is 2.22. The Labute approximate surface area is 175 Å². The fourth-order valence-corrected chi connectivity index (χ4v) is 4.39. The third kappa shape index (κ3) is 3.72. The van der Waals surface area contributed by atoms with E-state index in [0.717, 1.165) is 31.9 Å². The molecule has 1 aliphatic carbocycles. The first-order valence-corrected chi connectivity index (χ1v) is 10.5. The monoisotopic (exact) mass is 405 g/mol. The molecule has 1 saturated carbocycles. The number of ether oxygens (including phenoxy) is 1. The van der Waals surface area contributed by atoms with Crippen LogP contribution in [0.5, 0.6) is 5.75 Å². The van der Waals surface area contributed by atoms with Crippen molar-refractivity contribution in [2.24, 2.45) is 17.8 Å². The van der Waals surface area contributed by atoms with Gasteiger partial charge in [-0.05, 0) is 42.0 Å². The van der Waals surface area contributed by atoms with Crippen molar-refractivity contribution >= 4 is 5.95 Å². The molecule has 7 heteroatoms. The predicted octanol–water partition coefficient (Wildman–Crippen LogP) is 3.79. The molecule has 30 heavy (non-hydrogen) atoms. The van der Waals surface area contributed by atoms with Gasteiger partial charge in [0.05, 0.1) is 24.7 Å². The highest BCUT2D eigenvalue weighted by molar-refractivity contribution is 5.59. The van der Waals surface area contributed by atoms with Gasteiger partial charge in [0.2, 0.25) is 5.95 Å². The molecule has 154 valence electrons. The molecule has 0 radical (unpaired) electrons. The average Bonchev–Trinajstić information content (AvgIpc) is 3.22. The lowest BCUT2D eigenvalue weighted by molar-refractivity contribution is 0.282. The number of halogens is 1. The molecule has 1 saturated heterocycles. The van der Waals surface area contributed by atoms with Crippen LogP contribution in [-0.4, -0.2) is 39.6 Å². The maximum atomic E-state index is 13.8. The molecule has 4 heterocycles. The molecule has 0 aromatic carbocycles. The number of nitrogens with zero attached hydrogens (tertiary/aromatic N) is 5. The van der Waals surface area contributed by atoms with Crippen molar-refractivity contribution in [3.63, 3.8) is 0 Å². The van der Waals surface area contributed by atoms with Gasteiger partial charge in [-0.25, -0.2) is 14.4 Å². The van der Waals surface area contributed by atoms with Crippen LogP contribution in [0.15, 0.2) is 49.2 Å². The Morgan fingerprint density at radius 1 is 1.03 bits per heavy atom. The summed E-state index contributed by atoms with van der Waals surface area (Å²) in [6, 6.07) is 5.25. The normalized spacial score (nSPS) is 22.1. The van der Waals surface area contributed by atoms with Crippen molar-refractivity contribution in [2.45, 2.75) is 19.8 Å². The second kappa shape index (κ2) is 7.97. The van der Waals surface area contributed by atoms with Crippen molar-refractivity contribution in [3.05, 3.63) is 60.6 Å². The standard InChI is InChI=1S/C23H24FN5O/c1-2-3-15-8-27-23(28-9-15)29-12-18-19(13-29)20(18)14-30-16-4-5-22(26-10-16)17-6-7-25-11-21(17)24/h4-11,18-20H,2-3,12-14H2,1H3/t18-,19?,20?/m1/s1. The van der Waals surface area contributed by atoms with Crippen LogP contribution in [0.2, 0.25) is 0 Å². The molecule has 1 aliphatic heterocycles. The first-order chi connectivity index (χ1) is 14.7. The van der Waals surface area contributed by atoms with Gasteiger partial charge in [0.25, 0.3) is 0 Å². The van der Waals surface area contributed by atoms with Gasteiger partial charge < -0.3 is 9.64 Å². The van der Waals surface area contributed by atoms with Crippen LogP contribution < -0.4 is 9.64 Å². The SMILES string of the molecule is CCCc1cnc(N2CC3C(COc4ccc(-c5ccncc5F)nc4)[C@@H]3C2)nc1. The van der Waals surface area contributed by atoms with Crippen molar-refractivity contribution in [1.29, 1.82) is 0 Å². The lowest BCUT2D eigenvalue weighted by atomic mass is 10.2. The van der Waals surface area contributed by atoms with E-state index in [-0.39, 0.29) is 5.82 Å². The zero-order valence-corrected chi connectivity index (χ0v) is 16.9. The summed E-state index contributed by atoms with van der Waals surface area (Å²) < 4.78 is 19.8. The quantitative estimate of drug-likeness (QED) is 0.596. The summed E-state index contributed by atoms with van der Waals surface area (Å²) in [6.45, 7) is 4.83. The molecule has 2 unspecified atom stereocenters. The highest BCUT2D eigenvalue weighted by Crippen LogP contribution is 2.52. The van der Waals surface area contributed by atoms with Gasteiger partial charge in [-0.15, -0.1) is 0 Å². The molecule has 6 nitrogen and oxygen atoms in total. The van der Waals surface area contributed by atoms with Gasteiger partial charge in [-0.1, -0.05) is 13.3 Å². The third-order valence-electron chi connectivity index (χ3n) is 6.11. The third-order valence-corrected chi connectivity index (χ3v) is 6.11. The topological polar surface area (TPSA) is 64.0 Å². The van der Waals surface area contributed by atoms with E-state index in [1.807, 2.05) is 18.5 Å². The Balaban J connectivity index is 1.12. The van der Waals surface area contributed by atoms with E-state index in [1.54, 1.807) is 24.5 Å². The Hall–Kier alpha value is -3.09. The van der Waals surface area contributed by atoms with Crippen LogP contribution in [0, 0.1) is 23.6 Å². The predicted molar refractivity (Wildman–Crippen MR) is 112 cm³/mol. The van der Waals surface area contributed by atoms with Crippen molar-refractivity contribution in [1.82, 2.24) is 19.9 Å². The van der Waals surface area contributed by atoms with E-state index in [1.165, 1.54) is 11.8 Å². The second-order valence-electron chi connectivity index (χ2n) is 8.08. The van der Waals surface area contributed by atoms with Crippen LogP contribution >= 0.6 is 0 Å². The minimum absolute atomic E-state index is 0.377. The molecule has 0 bridgehead atoms. The van der Waals surface area contributed by atoms with Crippen molar-refractivity contribution in [2.75, 3.05) is 24.6 Å². The highest BCUT2D eigenvalue weighted by Gasteiger charge is 2.56. The zero-order chi connectivity index (χ0) is 20.5. The largest absolute Gasteiger partial charge is 0.492 e. The summed E-state index contributed by atoms with van der Waals surface area (Å²) in [6.07, 6.45) is 10.4. The number of anilines is 1. The Morgan fingerprint density at radius 2 is 1.83 bits per heavy atom. The van der Waals surface area contributed by atoms with E-state index in [9.17, 15) is 4.39 Å². The molecule has 3 aromatic heterocycles. The fraction of sp³-hybridized carbons (Fsp3) is 0.391. The van der Waals surface area contributed by atoms with Gasteiger partial charge in [0.15, 0.2) is 5.82 Å². The maximum absolute atomic E-state index is 13.8. The molecular weight excluding hydrogens is 381 g/mol. The van der Waals surface area contributed by atoms with E-state index >= 15 is 0 Å². The van der Waals surface area contributed by atoms with E-state index in [4.69, 9.17) is 4.74 Å². The fourth-order valence-electron chi connectivity index (χ4n) is 4.39. The molecule has 5 rings (SSSR count). The summed E-state index contributed by atoms with van der Waals surface area (Å²) in [4.78, 5) is 19.5. The van der Waals surface area contributed by atoms with Gasteiger partial charge in [-0.2, -0.15) is 0 Å². The van der Waals surface area contributed by atoms with E-state index < -0.39 is 0 Å².